The standard InChI is InChI=1S/C11H17N3O2/c1-7(2)11-13-12-9-5-8(6-10(15)16)3-4-14(9)11/h7-8H,3-6H2,1-2H3,(H,15,16). The molecule has 0 saturated heterocycles. The van der Waals surface area contributed by atoms with Crippen molar-refractivity contribution in [1.82, 2.24) is 14.8 Å². The molecule has 2 heterocycles. The summed E-state index contributed by atoms with van der Waals surface area (Å²) in [4.78, 5) is 10.7. The number of nitrogens with zero attached hydrogens (tertiary/aromatic N) is 3. The Morgan fingerprint density at radius 3 is 2.94 bits per heavy atom. The molecular weight excluding hydrogens is 206 g/mol. The summed E-state index contributed by atoms with van der Waals surface area (Å²) in [6.45, 7) is 5.05. The molecule has 16 heavy (non-hydrogen) atoms. The van der Waals surface area contributed by atoms with Crippen molar-refractivity contribution in [3.63, 3.8) is 0 Å². The minimum absolute atomic E-state index is 0.217. The highest BCUT2D eigenvalue weighted by Crippen LogP contribution is 2.25. The Morgan fingerprint density at radius 1 is 1.56 bits per heavy atom. The fourth-order valence-corrected chi connectivity index (χ4v) is 2.26. The van der Waals surface area contributed by atoms with Gasteiger partial charge in [-0.25, -0.2) is 0 Å². The van der Waals surface area contributed by atoms with Crippen LogP contribution in [0, 0.1) is 5.92 Å². The fraction of sp³-hybridized carbons (Fsp3) is 0.727. The van der Waals surface area contributed by atoms with Gasteiger partial charge in [0.1, 0.15) is 11.6 Å². The van der Waals surface area contributed by atoms with Gasteiger partial charge in [-0.15, -0.1) is 10.2 Å². The summed E-state index contributed by atoms with van der Waals surface area (Å²) in [5.41, 5.74) is 0. The number of rotatable bonds is 3. The third kappa shape index (κ3) is 2.08. The molecule has 1 aromatic heterocycles. The van der Waals surface area contributed by atoms with Crippen LogP contribution >= 0.6 is 0 Å². The lowest BCUT2D eigenvalue weighted by Crippen LogP contribution is -2.23. The smallest absolute Gasteiger partial charge is 0.303 e. The lowest BCUT2D eigenvalue weighted by Gasteiger charge is -2.22. The molecule has 1 aliphatic heterocycles. The molecule has 0 bridgehead atoms. The van der Waals surface area contributed by atoms with Crippen LogP contribution < -0.4 is 0 Å². The van der Waals surface area contributed by atoms with Gasteiger partial charge in [-0.05, 0) is 12.3 Å². The highest BCUT2D eigenvalue weighted by Gasteiger charge is 2.25. The Kier molecular flexibility index (Phi) is 2.94. The van der Waals surface area contributed by atoms with Crippen LogP contribution in [0.5, 0.6) is 0 Å². The Hall–Kier alpha value is -1.39. The molecule has 1 N–H and O–H groups in total. The van der Waals surface area contributed by atoms with Crippen LogP contribution in [0.15, 0.2) is 0 Å². The number of hydrogen-bond donors (Lipinski definition) is 1. The molecular formula is C11H17N3O2. The van der Waals surface area contributed by atoms with E-state index in [2.05, 4.69) is 28.6 Å². The van der Waals surface area contributed by atoms with E-state index in [1.807, 2.05) is 0 Å². The Balaban J connectivity index is 2.13. The van der Waals surface area contributed by atoms with Crippen molar-refractivity contribution in [2.24, 2.45) is 5.92 Å². The number of aliphatic carboxylic acids is 1. The molecule has 1 atom stereocenters. The predicted molar refractivity (Wildman–Crippen MR) is 58.2 cm³/mol. The van der Waals surface area contributed by atoms with Crippen molar-refractivity contribution in [2.45, 2.75) is 45.6 Å². The van der Waals surface area contributed by atoms with Gasteiger partial charge in [0.05, 0.1) is 0 Å². The number of carbonyl (C=O) groups is 1. The number of carboxylic acid groups (broad SMARTS) is 1. The van der Waals surface area contributed by atoms with Gasteiger partial charge in [-0.3, -0.25) is 4.79 Å². The van der Waals surface area contributed by atoms with Crippen LogP contribution in [-0.2, 0) is 17.8 Å². The van der Waals surface area contributed by atoms with E-state index in [0.29, 0.717) is 5.92 Å². The molecule has 0 aromatic carbocycles. The molecule has 88 valence electrons. The third-order valence-electron chi connectivity index (χ3n) is 3.07. The normalized spacial score (nSPS) is 19.8. The Labute approximate surface area is 94.5 Å². The van der Waals surface area contributed by atoms with E-state index in [0.717, 1.165) is 31.0 Å². The van der Waals surface area contributed by atoms with E-state index in [9.17, 15) is 4.79 Å². The second kappa shape index (κ2) is 4.23. The molecule has 2 rings (SSSR count). The van der Waals surface area contributed by atoms with Gasteiger partial charge in [0.2, 0.25) is 0 Å². The van der Waals surface area contributed by atoms with E-state index < -0.39 is 5.97 Å². The zero-order valence-electron chi connectivity index (χ0n) is 9.68. The number of hydrogen-bond acceptors (Lipinski definition) is 3. The van der Waals surface area contributed by atoms with Crippen molar-refractivity contribution in [3.05, 3.63) is 11.6 Å². The van der Waals surface area contributed by atoms with Crippen LogP contribution in [-0.4, -0.2) is 25.8 Å². The van der Waals surface area contributed by atoms with Gasteiger partial charge in [-0.1, -0.05) is 13.8 Å². The quantitative estimate of drug-likeness (QED) is 0.841. The summed E-state index contributed by atoms with van der Waals surface area (Å²) in [6, 6.07) is 0. The van der Waals surface area contributed by atoms with Crippen LogP contribution in [0.4, 0.5) is 0 Å². The van der Waals surface area contributed by atoms with Gasteiger partial charge in [-0.2, -0.15) is 0 Å². The van der Waals surface area contributed by atoms with Gasteiger partial charge in [0, 0.05) is 25.3 Å². The van der Waals surface area contributed by atoms with Crippen LogP contribution in [0.3, 0.4) is 0 Å². The maximum absolute atomic E-state index is 10.7. The van der Waals surface area contributed by atoms with E-state index in [-0.39, 0.29) is 12.3 Å². The zero-order valence-corrected chi connectivity index (χ0v) is 9.68. The maximum Gasteiger partial charge on any atom is 0.303 e. The topological polar surface area (TPSA) is 68.0 Å². The second-order valence-corrected chi connectivity index (χ2v) is 4.74. The summed E-state index contributed by atoms with van der Waals surface area (Å²) in [5, 5.41) is 17.1. The van der Waals surface area contributed by atoms with E-state index in [1.54, 1.807) is 0 Å². The first-order valence-corrected chi connectivity index (χ1v) is 5.71. The molecule has 0 radical (unpaired) electrons. The molecule has 1 unspecified atom stereocenters. The van der Waals surface area contributed by atoms with Crippen molar-refractivity contribution >= 4 is 5.97 Å². The minimum Gasteiger partial charge on any atom is -0.481 e. The molecule has 5 heteroatoms. The molecule has 0 aliphatic carbocycles. The summed E-state index contributed by atoms with van der Waals surface area (Å²) >= 11 is 0. The Morgan fingerprint density at radius 2 is 2.31 bits per heavy atom. The van der Waals surface area contributed by atoms with Crippen LogP contribution in [0.25, 0.3) is 0 Å². The van der Waals surface area contributed by atoms with E-state index in [1.165, 1.54) is 0 Å². The maximum atomic E-state index is 10.7. The summed E-state index contributed by atoms with van der Waals surface area (Å²) in [5.74, 6) is 1.83. The van der Waals surface area contributed by atoms with Gasteiger partial charge >= 0.3 is 5.97 Å². The highest BCUT2D eigenvalue weighted by atomic mass is 16.4. The molecule has 0 spiro atoms. The first-order valence-electron chi connectivity index (χ1n) is 5.71. The first kappa shape index (κ1) is 11.1. The number of aromatic nitrogens is 3. The number of fused-ring (bicyclic) bond motifs is 1. The first-order chi connectivity index (χ1) is 7.58. The average Bonchev–Trinajstić information content (AvgIpc) is 2.59. The van der Waals surface area contributed by atoms with Crippen LogP contribution in [0.2, 0.25) is 0 Å². The molecule has 0 amide bonds. The monoisotopic (exact) mass is 223 g/mol. The Bertz CT molecular complexity index is 398. The molecule has 0 saturated carbocycles. The van der Waals surface area contributed by atoms with Crippen molar-refractivity contribution in [3.8, 4) is 0 Å². The van der Waals surface area contributed by atoms with Crippen molar-refractivity contribution < 1.29 is 9.90 Å². The van der Waals surface area contributed by atoms with Gasteiger partial charge in [0.15, 0.2) is 0 Å². The van der Waals surface area contributed by atoms with E-state index >= 15 is 0 Å². The summed E-state index contributed by atoms with van der Waals surface area (Å²) in [7, 11) is 0. The summed E-state index contributed by atoms with van der Waals surface area (Å²) < 4.78 is 2.14. The molecule has 1 aliphatic rings. The van der Waals surface area contributed by atoms with Gasteiger partial charge in [0.25, 0.3) is 0 Å². The molecule has 0 fully saturated rings. The average molecular weight is 223 g/mol. The predicted octanol–water partition coefficient (Wildman–Crippen LogP) is 1.44. The van der Waals surface area contributed by atoms with Gasteiger partial charge < -0.3 is 9.67 Å². The van der Waals surface area contributed by atoms with Crippen LogP contribution in [0.1, 0.15) is 44.3 Å². The minimum atomic E-state index is -0.720. The van der Waals surface area contributed by atoms with Crippen molar-refractivity contribution in [1.29, 1.82) is 0 Å². The largest absolute Gasteiger partial charge is 0.481 e. The lowest BCUT2D eigenvalue weighted by molar-refractivity contribution is -0.138. The number of carboxylic acids is 1. The second-order valence-electron chi connectivity index (χ2n) is 4.74. The fourth-order valence-electron chi connectivity index (χ4n) is 2.26. The third-order valence-corrected chi connectivity index (χ3v) is 3.07. The lowest BCUT2D eigenvalue weighted by atomic mass is 9.94. The van der Waals surface area contributed by atoms with Crippen molar-refractivity contribution in [2.75, 3.05) is 0 Å². The van der Waals surface area contributed by atoms with E-state index in [4.69, 9.17) is 5.11 Å². The SMILES string of the molecule is CC(C)c1nnc2n1CCC(CC(=O)O)C2. The molecule has 1 aromatic rings. The zero-order chi connectivity index (χ0) is 11.7. The molecule has 5 nitrogen and oxygen atoms in total. The highest BCUT2D eigenvalue weighted by molar-refractivity contribution is 5.67. The summed E-state index contributed by atoms with van der Waals surface area (Å²) in [6.07, 6.45) is 1.90.